The summed E-state index contributed by atoms with van der Waals surface area (Å²) in [7, 11) is 13.8. The first-order valence-corrected chi connectivity index (χ1v) is 17.3. The number of quaternary nitrogens is 3. The van der Waals surface area contributed by atoms with E-state index in [2.05, 4.69) is 148 Å². The minimum absolute atomic E-state index is 0.0926. The molecule has 1 aliphatic carbocycles. The van der Waals surface area contributed by atoms with Gasteiger partial charge in [0.1, 0.15) is 24.4 Å². The summed E-state index contributed by atoms with van der Waals surface area (Å²) in [5.74, 6) is 0.213. The van der Waals surface area contributed by atoms with Crippen molar-refractivity contribution in [3.63, 3.8) is 0 Å². The molecule has 0 amide bonds. The first kappa shape index (κ1) is 32.7. The van der Waals surface area contributed by atoms with Gasteiger partial charge in [0.25, 0.3) is 0 Å². The van der Waals surface area contributed by atoms with Gasteiger partial charge in [-0.3, -0.25) is 9.28 Å². The summed E-state index contributed by atoms with van der Waals surface area (Å²) in [5, 5.41) is 0. The average molecular weight is 622 g/mol. The third kappa shape index (κ3) is 5.25. The average Bonchev–Trinajstić information content (AvgIpc) is 3.48. The lowest BCUT2D eigenvalue weighted by molar-refractivity contribution is -0.913. The fourth-order valence-electron chi connectivity index (χ4n) is 8.97. The van der Waals surface area contributed by atoms with Gasteiger partial charge in [0.2, 0.25) is 6.17 Å². The first-order valence-electron chi connectivity index (χ1n) is 17.3. The molecule has 2 unspecified atom stereocenters. The Labute approximate surface area is 278 Å². The van der Waals surface area contributed by atoms with Crippen LogP contribution in [0.1, 0.15) is 64.5 Å². The lowest BCUT2D eigenvalue weighted by Gasteiger charge is -2.54. The largest absolute Gasteiger partial charge is 0.344 e. The number of fused-ring (bicyclic) bond motifs is 3. The van der Waals surface area contributed by atoms with Gasteiger partial charge < -0.3 is 9.38 Å². The van der Waals surface area contributed by atoms with E-state index in [0.717, 1.165) is 63.5 Å². The molecule has 2 fully saturated rings. The number of nitrogens with zero attached hydrogens (tertiary/aromatic N) is 4. The maximum Gasteiger partial charge on any atom is 0.230 e. The van der Waals surface area contributed by atoms with Crippen LogP contribution in [-0.2, 0) is 15.6 Å². The molecule has 6 rings (SSSR count). The van der Waals surface area contributed by atoms with E-state index in [1.165, 1.54) is 40.3 Å². The third-order valence-electron chi connectivity index (χ3n) is 11.4. The molecule has 0 aromatic heterocycles. The highest BCUT2D eigenvalue weighted by atomic mass is 16.1. The Morgan fingerprint density at radius 1 is 0.804 bits per heavy atom. The van der Waals surface area contributed by atoms with Crippen molar-refractivity contribution in [1.82, 2.24) is 4.48 Å². The van der Waals surface area contributed by atoms with Crippen molar-refractivity contribution in [2.75, 3.05) is 66.8 Å². The fraction of sp³-hybridized carbons (Fsp3) is 0.488. The van der Waals surface area contributed by atoms with Gasteiger partial charge in [0, 0.05) is 52.5 Å². The van der Waals surface area contributed by atoms with Crippen LogP contribution in [0.4, 0.5) is 11.4 Å². The van der Waals surface area contributed by atoms with Gasteiger partial charge in [-0.1, -0.05) is 56.3 Å². The van der Waals surface area contributed by atoms with Crippen molar-refractivity contribution < 1.29 is 13.8 Å². The Balaban J connectivity index is 1.31. The molecule has 5 heteroatoms. The maximum absolute atomic E-state index is 13.9. The molecule has 1 saturated heterocycles. The quantitative estimate of drug-likeness (QED) is 0.235. The highest BCUT2D eigenvalue weighted by molar-refractivity contribution is 6.11. The highest BCUT2D eigenvalue weighted by Gasteiger charge is 2.66. The zero-order valence-corrected chi connectivity index (χ0v) is 30.2. The molecule has 1 saturated carbocycles. The molecule has 46 heavy (non-hydrogen) atoms. The van der Waals surface area contributed by atoms with Crippen LogP contribution in [-0.4, -0.2) is 82.8 Å². The second-order valence-corrected chi connectivity index (χ2v) is 17.1. The van der Waals surface area contributed by atoms with E-state index in [1.54, 1.807) is 0 Å². The normalized spacial score (nSPS) is 28.5. The predicted molar refractivity (Wildman–Crippen MR) is 193 cm³/mol. The summed E-state index contributed by atoms with van der Waals surface area (Å²) in [6, 6.07) is 17.9. The van der Waals surface area contributed by atoms with Crippen LogP contribution in [0.25, 0.3) is 0 Å². The molecule has 2 aromatic rings. The van der Waals surface area contributed by atoms with Crippen LogP contribution in [0.5, 0.6) is 0 Å². The topological polar surface area (TPSA) is 20.3 Å². The van der Waals surface area contributed by atoms with Gasteiger partial charge >= 0.3 is 0 Å². The van der Waals surface area contributed by atoms with E-state index in [9.17, 15) is 4.79 Å². The highest BCUT2D eigenvalue weighted by Crippen LogP contribution is 2.58. The molecule has 3 aliphatic heterocycles. The number of Topliss-reactive ketones (excluding diaryl/α,β-unsaturated/α-hetero) is 1. The van der Waals surface area contributed by atoms with E-state index in [0.29, 0.717) is 6.17 Å². The van der Waals surface area contributed by atoms with Gasteiger partial charge in [-0.15, -0.1) is 0 Å². The molecule has 4 aliphatic rings. The Bertz CT molecular complexity index is 1670. The number of anilines is 1. The van der Waals surface area contributed by atoms with Crippen LogP contribution in [0.15, 0.2) is 95.4 Å². The van der Waals surface area contributed by atoms with Crippen molar-refractivity contribution in [3.8, 4) is 0 Å². The Morgan fingerprint density at radius 2 is 1.41 bits per heavy atom. The summed E-state index contributed by atoms with van der Waals surface area (Å²) in [4.78, 5) is 16.4. The van der Waals surface area contributed by atoms with Gasteiger partial charge in [-0.25, -0.2) is 4.48 Å². The molecule has 0 N–H and O–H groups in total. The minimum atomic E-state index is -0.116. The van der Waals surface area contributed by atoms with Crippen LogP contribution < -0.4 is 9.38 Å². The van der Waals surface area contributed by atoms with Crippen LogP contribution in [0, 0.1) is 0 Å². The Morgan fingerprint density at radius 3 is 2.02 bits per heavy atom. The van der Waals surface area contributed by atoms with E-state index in [-0.39, 0.29) is 16.6 Å². The second kappa shape index (κ2) is 11.2. The summed E-state index contributed by atoms with van der Waals surface area (Å²) >= 11 is 0. The first-order chi connectivity index (χ1) is 21.5. The van der Waals surface area contributed by atoms with Gasteiger partial charge in [-0.2, -0.15) is 0 Å². The number of carbonyl (C=O) groups is 1. The maximum atomic E-state index is 13.9. The summed E-state index contributed by atoms with van der Waals surface area (Å²) < 4.78 is 2.80. The van der Waals surface area contributed by atoms with E-state index < -0.39 is 0 Å². The predicted octanol–water partition coefficient (Wildman–Crippen LogP) is 7.60. The van der Waals surface area contributed by atoms with Gasteiger partial charge in [0.05, 0.1) is 54.2 Å². The van der Waals surface area contributed by atoms with Gasteiger partial charge in [-0.05, 0) is 56.5 Å². The molecule has 5 nitrogen and oxygen atoms in total. The standard InChI is InChI=1S/C41H57N4O/c1-40(2)32-16-11-13-18-34(32)42(27-15-28-43(5,6)7)36(40)24-22-30-20-21-31(39(30)46)23-25-37-41(3,4)33-17-12-14-19-35(33)45(37)29-26-38(45)44(8,9)10/h11-14,16-19,22-25,38H,15,20-21,26-29H2,1-10H3/q+3. The molecular formula is C41H57N4O+3. The molecule has 244 valence electrons. The van der Waals surface area contributed by atoms with Crippen LogP contribution in [0.2, 0.25) is 0 Å². The molecule has 2 atom stereocenters. The fourth-order valence-corrected chi connectivity index (χ4v) is 8.97. The number of rotatable bonds is 7. The SMILES string of the molecule is CC1(C)C(=CC=C2CCC(=CC=C3C(C)(C)c4ccccc4[N+]34CCC4[N+](C)(C)C)C2=O)N(CCC[N+](C)(C)C)c2ccccc21. The van der Waals surface area contributed by atoms with E-state index in [4.69, 9.17) is 0 Å². The number of hydrogen-bond donors (Lipinski definition) is 0. The number of carbonyl (C=O) groups excluding carboxylic acids is 1. The van der Waals surface area contributed by atoms with E-state index in [1.807, 2.05) is 0 Å². The monoisotopic (exact) mass is 621 g/mol. The summed E-state index contributed by atoms with van der Waals surface area (Å²) in [6.45, 7) is 12.6. The smallest absolute Gasteiger partial charge is 0.230 e. The number of hydrogen-bond acceptors (Lipinski definition) is 2. The molecule has 1 spiro atoms. The third-order valence-corrected chi connectivity index (χ3v) is 11.4. The van der Waals surface area contributed by atoms with Crippen molar-refractivity contribution in [3.05, 3.63) is 107 Å². The zero-order valence-electron chi connectivity index (χ0n) is 30.2. The molecular weight excluding hydrogens is 564 g/mol. The van der Waals surface area contributed by atoms with Crippen molar-refractivity contribution in [2.45, 2.75) is 70.4 Å². The lowest BCUT2D eigenvalue weighted by Crippen LogP contribution is -2.74. The molecule has 2 aromatic carbocycles. The zero-order chi connectivity index (χ0) is 33.3. The number of allylic oxidation sites excluding steroid dienone is 8. The lowest BCUT2D eigenvalue weighted by atomic mass is 9.83. The van der Waals surface area contributed by atoms with E-state index >= 15 is 0 Å². The Kier molecular flexibility index (Phi) is 7.94. The second-order valence-electron chi connectivity index (χ2n) is 17.1. The molecule has 0 bridgehead atoms. The number of benzene rings is 2. The Hall–Kier alpha value is -3.25. The van der Waals surface area contributed by atoms with Crippen molar-refractivity contribution in [1.29, 1.82) is 0 Å². The van der Waals surface area contributed by atoms with Crippen LogP contribution >= 0.6 is 0 Å². The van der Waals surface area contributed by atoms with Crippen molar-refractivity contribution in [2.24, 2.45) is 0 Å². The summed E-state index contributed by atoms with van der Waals surface area (Å²) in [6.07, 6.45) is 13.3. The molecule has 3 heterocycles. The van der Waals surface area contributed by atoms with Crippen molar-refractivity contribution >= 4 is 17.2 Å². The van der Waals surface area contributed by atoms with Gasteiger partial charge in [0.15, 0.2) is 5.78 Å². The number of para-hydroxylation sites is 2. The minimum Gasteiger partial charge on any atom is -0.344 e. The summed E-state index contributed by atoms with van der Waals surface area (Å²) in [5.41, 5.74) is 9.92. The number of ketones is 1. The molecule has 0 radical (unpaired) electrons. The van der Waals surface area contributed by atoms with Crippen LogP contribution in [0.3, 0.4) is 0 Å².